The number of hydrogen-bond acceptors (Lipinski definition) is 7. The topological polar surface area (TPSA) is 97.9 Å². The molecule has 0 spiro atoms. The maximum atomic E-state index is 14.1. The molecule has 0 aliphatic carbocycles. The highest BCUT2D eigenvalue weighted by molar-refractivity contribution is 9.11. The van der Waals surface area contributed by atoms with Gasteiger partial charge in [0.15, 0.2) is 6.10 Å². The predicted octanol–water partition coefficient (Wildman–Crippen LogP) is 5.06. The Morgan fingerprint density at radius 1 is 0.875 bits per heavy atom. The van der Waals surface area contributed by atoms with Crippen LogP contribution in [0.5, 0.6) is 5.75 Å². The maximum absolute atomic E-state index is 14.1. The first-order chi connectivity index (χ1) is 23.2. The molecule has 1 unspecified atom stereocenters. The Morgan fingerprint density at radius 3 is 2.19 bits per heavy atom. The second-order valence-corrected chi connectivity index (χ2v) is 15.0. The van der Waals surface area contributed by atoms with Gasteiger partial charge in [0.25, 0.3) is 5.91 Å². The number of likely N-dealkylation sites (tertiary alicyclic amines) is 2. The summed E-state index contributed by atoms with van der Waals surface area (Å²) in [5, 5.41) is 3.05. The molecule has 4 amide bonds. The van der Waals surface area contributed by atoms with E-state index in [2.05, 4.69) is 54.0 Å². The van der Waals surface area contributed by atoms with Crippen molar-refractivity contribution in [1.82, 2.24) is 24.5 Å². The highest BCUT2D eigenvalue weighted by atomic mass is 79.9. The second-order valence-electron chi connectivity index (χ2n) is 13.3. The number of halogens is 2. The number of carbonyl (C=O) groups excluding carboxylic acids is 3. The molecule has 6 rings (SSSR count). The van der Waals surface area contributed by atoms with E-state index in [1.807, 2.05) is 46.2 Å². The fourth-order valence-corrected chi connectivity index (χ4v) is 9.09. The monoisotopic (exact) mass is 788 g/mol. The predicted molar refractivity (Wildman–Crippen MR) is 192 cm³/mol. The molecule has 1 N–H and O–H groups in total. The minimum atomic E-state index is -0.966. The summed E-state index contributed by atoms with van der Waals surface area (Å²) in [6.45, 7) is 6.62. The smallest absolute Gasteiger partial charge is 0.410 e. The second kappa shape index (κ2) is 15.8. The highest BCUT2D eigenvalue weighted by Gasteiger charge is 2.36. The lowest BCUT2D eigenvalue weighted by Crippen LogP contribution is -2.56. The molecule has 2 aromatic rings. The average molecular weight is 791 g/mol. The molecular weight excluding hydrogens is 744 g/mol. The summed E-state index contributed by atoms with van der Waals surface area (Å²) >= 11 is 7.14. The number of ether oxygens (including phenoxy) is 2. The molecule has 13 heteroatoms. The van der Waals surface area contributed by atoms with E-state index in [-0.39, 0.29) is 24.4 Å². The summed E-state index contributed by atoms with van der Waals surface area (Å²) in [4.78, 5) is 51.1. The lowest BCUT2D eigenvalue weighted by Gasteiger charge is -2.42. The van der Waals surface area contributed by atoms with Crippen LogP contribution in [-0.2, 0) is 22.4 Å². The number of piperazine rings is 1. The summed E-state index contributed by atoms with van der Waals surface area (Å²) in [6.07, 6.45) is 3.17. The lowest BCUT2D eigenvalue weighted by atomic mass is 10.0. The zero-order valence-corrected chi connectivity index (χ0v) is 31.0. The van der Waals surface area contributed by atoms with Crippen molar-refractivity contribution in [2.45, 2.75) is 56.7 Å². The van der Waals surface area contributed by atoms with Crippen LogP contribution in [0.4, 0.5) is 15.3 Å². The number of nitrogens with zero attached hydrogens (tertiary/aromatic N) is 5. The molecule has 0 saturated carbocycles. The van der Waals surface area contributed by atoms with E-state index < -0.39 is 12.2 Å². The summed E-state index contributed by atoms with van der Waals surface area (Å²) in [5.41, 5.74) is 2.84. The minimum Gasteiger partial charge on any atom is -0.494 e. The van der Waals surface area contributed by atoms with Gasteiger partial charge in [-0.15, -0.1) is 0 Å². The third-order valence-electron chi connectivity index (χ3n) is 10.3. The molecule has 11 nitrogen and oxygen atoms in total. The first-order valence-corrected chi connectivity index (χ1v) is 18.6. The van der Waals surface area contributed by atoms with Crippen LogP contribution in [0.15, 0.2) is 45.3 Å². The normalized spacial score (nSPS) is 20.9. The summed E-state index contributed by atoms with van der Waals surface area (Å²) < 4.78 is 13.1. The van der Waals surface area contributed by atoms with Crippen LogP contribution in [-0.4, -0.2) is 134 Å². The number of carbonyl (C=O) groups is 3. The number of hydrogen-bond donors (Lipinski definition) is 1. The molecule has 2 aromatic carbocycles. The van der Waals surface area contributed by atoms with Crippen LogP contribution in [0, 0.1) is 0 Å². The van der Waals surface area contributed by atoms with Gasteiger partial charge in [-0.05, 0) is 113 Å². The van der Waals surface area contributed by atoms with Crippen molar-refractivity contribution >= 4 is 55.6 Å². The fraction of sp³-hybridized carbons (Fsp3) is 0.571. The Kier molecular flexibility index (Phi) is 11.5. The molecule has 1 atom stereocenters. The molecule has 260 valence electrons. The maximum Gasteiger partial charge on any atom is 0.410 e. The minimum absolute atomic E-state index is 0.0238. The molecule has 3 saturated heterocycles. The van der Waals surface area contributed by atoms with Gasteiger partial charge in [0, 0.05) is 70.0 Å². The van der Waals surface area contributed by atoms with Crippen molar-refractivity contribution in [3.05, 3.63) is 56.5 Å². The van der Waals surface area contributed by atoms with Crippen LogP contribution in [0.2, 0.25) is 0 Å². The van der Waals surface area contributed by atoms with E-state index >= 15 is 0 Å². The molecule has 4 heterocycles. The van der Waals surface area contributed by atoms with Gasteiger partial charge < -0.3 is 34.4 Å². The largest absolute Gasteiger partial charge is 0.494 e. The third-order valence-corrected chi connectivity index (χ3v) is 11.5. The number of piperidine rings is 2. The van der Waals surface area contributed by atoms with Gasteiger partial charge >= 0.3 is 12.1 Å². The number of rotatable bonds is 7. The number of anilines is 1. The number of nitrogens with one attached hydrogen (secondary N) is 1. The molecule has 0 radical (unpaired) electrons. The Balaban J connectivity index is 1.09. The van der Waals surface area contributed by atoms with Crippen LogP contribution in [0.3, 0.4) is 0 Å². The van der Waals surface area contributed by atoms with Gasteiger partial charge in [-0.1, -0.05) is 18.2 Å². The van der Waals surface area contributed by atoms with E-state index in [4.69, 9.17) is 9.47 Å². The van der Waals surface area contributed by atoms with Crippen LogP contribution in [0.25, 0.3) is 0 Å². The van der Waals surface area contributed by atoms with E-state index in [0.717, 1.165) is 71.2 Å². The van der Waals surface area contributed by atoms with Crippen LogP contribution < -0.4 is 10.1 Å². The van der Waals surface area contributed by atoms with Crippen LogP contribution in [0.1, 0.15) is 36.8 Å². The average Bonchev–Trinajstić information content (AvgIpc) is 3.26. The zero-order chi connectivity index (χ0) is 33.8. The summed E-state index contributed by atoms with van der Waals surface area (Å²) in [5.74, 6) is 0.499. The summed E-state index contributed by atoms with van der Waals surface area (Å²) in [7, 11) is 3.77. The molecule has 4 aliphatic heterocycles. The number of urea groups is 1. The zero-order valence-electron chi connectivity index (χ0n) is 27.8. The Bertz CT molecular complexity index is 1450. The van der Waals surface area contributed by atoms with E-state index in [1.165, 1.54) is 0 Å². The van der Waals surface area contributed by atoms with Crippen LogP contribution >= 0.6 is 31.9 Å². The molecule has 0 aromatic heterocycles. The van der Waals surface area contributed by atoms with Gasteiger partial charge in [0.1, 0.15) is 5.75 Å². The van der Waals surface area contributed by atoms with Gasteiger partial charge in [-0.3, -0.25) is 9.69 Å². The Hall–Kier alpha value is -2.87. The Labute approximate surface area is 300 Å². The van der Waals surface area contributed by atoms with E-state index in [1.54, 1.807) is 12.0 Å². The van der Waals surface area contributed by atoms with Crippen molar-refractivity contribution in [2.24, 2.45) is 0 Å². The third kappa shape index (κ3) is 8.11. The molecule has 0 bridgehead atoms. The fourth-order valence-electron chi connectivity index (χ4n) is 7.48. The summed E-state index contributed by atoms with van der Waals surface area (Å²) in [6, 6.07) is 12.2. The number of methoxy groups -OCH3 is 1. The molecule has 4 aliphatic rings. The number of amides is 4. The van der Waals surface area contributed by atoms with Crippen molar-refractivity contribution < 1.29 is 23.9 Å². The van der Waals surface area contributed by atoms with Gasteiger partial charge in [0.05, 0.1) is 16.1 Å². The SMILES string of the molecule is COc1c(Br)cc(CC(OC(=O)N2CCC(N3CCc4ccccc4NC3=O)CC2)C(=O)N2CCN(C3CCN(C)CC3)CC2)cc1Br. The van der Waals surface area contributed by atoms with Gasteiger partial charge in [-0.2, -0.15) is 0 Å². The van der Waals surface area contributed by atoms with E-state index in [0.29, 0.717) is 57.4 Å². The number of para-hydroxylation sites is 1. The highest BCUT2D eigenvalue weighted by Crippen LogP contribution is 2.35. The quantitative estimate of drug-likeness (QED) is 0.419. The standard InChI is InChI=1S/C35H46Br2N6O5/c1-39-12-8-26(9-13-39)40-17-19-41(20-18-40)33(44)31(23-24-21-28(36)32(47-2)29(37)22-24)48-35(46)42-14-10-27(11-15-42)43-16-7-25-5-3-4-6-30(25)38-34(43)45/h3-6,21-22,26-27,31H,7-20,23H2,1-2H3,(H,38,45). The first-order valence-electron chi connectivity index (χ1n) is 17.0. The van der Waals surface area contributed by atoms with Crippen molar-refractivity contribution in [3.8, 4) is 5.75 Å². The van der Waals surface area contributed by atoms with Crippen molar-refractivity contribution in [1.29, 1.82) is 0 Å². The first kappa shape index (κ1) is 35.0. The Morgan fingerprint density at radius 2 is 1.52 bits per heavy atom. The van der Waals surface area contributed by atoms with Crippen molar-refractivity contribution in [3.63, 3.8) is 0 Å². The number of benzene rings is 2. The van der Waals surface area contributed by atoms with Gasteiger partial charge in [0.2, 0.25) is 0 Å². The number of fused-ring (bicyclic) bond motifs is 1. The van der Waals surface area contributed by atoms with Gasteiger partial charge in [-0.25, -0.2) is 9.59 Å². The lowest BCUT2D eigenvalue weighted by molar-refractivity contribution is -0.143. The molecule has 3 fully saturated rings. The molecular formula is C35H46Br2N6O5. The van der Waals surface area contributed by atoms with E-state index in [9.17, 15) is 14.4 Å². The van der Waals surface area contributed by atoms with Crippen molar-refractivity contribution in [2.75, 3.05) is 78.4 Å². The molecule has 48 heavy (non-hydrogen) atoms.